The van der Waals surface area contributed by atoms with E-state index in [1.807, 2.05) is 13.8 Å². The van der Waals surface area contributed by atoms with Gasteiger partial charge in [0.15, 0.2) is 11.6 Å². The molecule has 6 heteroatoms. The van der Waals surface area contributed by atoms with Crippen LogP contribution in [0.25, 0.3) is 0 Å². The van der Waals surface area contributed by atoms with E-state index in [4.69, 9.17) is 23.7 Å². The van der Waals surface area contributed by atoms with Gasteiger partial charge in [0, 0.05) is 0 Å². The van der Waals surface area contributed by atoms with Gasteiger partial charge in [-0.05, 0) is 27.7 Å². The molecule has 104 valence electrons. The Balaban J connectivity index is 1.88. The summed E-state index contributed by atoms with van der Waals surface area (Å²) < 4.78 is 28.8. The summed E-state index contributed by atoms with van der Waals surface area (Å²) in [5.74, 6) is -2.60. The lowest BCUT2D eigenvalue weighted by molar-refractivity contribution is -0.330. The van der Waals surface area contributed by atoms with Crippen LogP contribution in [0.2, 0.25) is 0 Å². The van der Waals surface area contributed by atoms with Crippen molar-refractivity contribution < 1.29 is 28.8 Å². The van der Waals surface area contributed by atoms with Gasteiger partial charge >= 0.3 is 0 Å². The quantitative estimate of drug-likeness (QED) is 0.735. The van der Waals surface area contributed by atoms with Crippen molar-refractivity contribution in [1.29, 1.82) is 0 Å². The zero-order chi connectivity index (χ0) is 13.2. The molecule has 18 heavy (non-hydrogen) atoms. The summed E-state index contributed by atoms with van der Waals surface area (Å²) in [5.41, 5.74) is 0. The molecule has 0 saturated carbocycles. The molecule has 3 saturated heterocycles. The van der Waals surface area contributed by atoms with Crippen LogP contribution in [0.4, 0.5) is 0 Å². The average molecular weight is 260 g/mol. The molecular formula is C12H20O6. The standard InChI is InChI=1S/C12H20O6/c1-10(2)14-5-7-8(16-10)9-12(6-13,15-7)18-11(3,4)17-9/h7-9,13H,5-6H2,1-4H3/t7-,8+,9-,12+/m0/s1. The fraction of sp³-hybridized carbons (Fsp3) is 1.00. The zero-order valence-corrected chi connectivity index (χ0v) is 11.1. The van der Waals surface area contributed by atoms with Crippen LogP contribution in [0.1, 0.15) is 27.7 Å². The van der Waals surface area contributed by atoms with E-state index in [9.17, 15) is 5.11 Å². The number of fused-ring (bicyclic) bond motifs is 3. The average Bonchev–Trinajstić information content (AvgIpc) is 2.66. The summed E-state index contributed by atoms with van der Waals surface area (Å²) in [4.78, 5) is 0. The summed E-state index contributed by atoms with van der Waals surface area (Å²) in [6, 6.07) is 0. The van der Waals surface area contributed by atoms with Gasteiger partial charge in [0.2, 0.25) is 5.79 Å². The maximum atomic E-state index is 9.61. The van der Waals surface area contributed by atoms with Crippen molar-refractivity contribution in [2.24, 2.45) is 0 Å². The van der Waals surface area contributed by atoms with Gasteiger partial charge in [-0.2, -0.15) is 0 Å². The van der Waals surface area contributed by atoms with Crippen molar-refractivity contribution in [2.75, 3.05) is 13.2 Å². The van der Waals surface area contributed by atoms with E-state index < -0.39 is 23.5 Å². The number of hydrogen-bond donors (Lipinski definition) is 1. The minimum atomic E-state index is -1.14. The largest absolute Gasteiger partial charge is 0.391 e. The topological polar surface area (TPSA) is 66.4 Å². The van der Waals surface area contributed by atoms with Crippen LogP contribution < -0.4 is 0 Å². The number of hydrogen-bond acceptors (Lipinski definition) is 6. The lowest BCUT2D eigenvalue weighted by Gasteiger charge is -2.38. The number of rotatable bonds is 1. The second kappa shape index (κ2) is 3.65. The van der Waals surface area contributed by atoms with Gasteiger partial charge in [-0.25, -0.2) is 0 Å². The van der Waals surface area contributed by atoms with Crippen LogP contribution in [0, 0.1) is 0 Å². The molecule has 0 spiro atoms. The molecule has 0 amide bonds. The van der Waals surface area contributed by atoms with Crippen LogP contribution in [-0.2, 0) is 23.7 Å². The first-order valence-electron chi connectivity index (χ1n) is 6.25. The second-order valence-corrected chi connectivity index (χ2v) is 5.96. The number of aliphatic hydroxyl groups excluding tert-OH is 1. The molecule has 0 aromatic carbocycles. The van der Waals surface area contributed by atoms with Crippen LogP contribution in [0.3, 0.4) is 0 Å². The van der Waals surface area contributed by atoms with Gasteiger partial charge in [0.25, 0.3) is 0 Å². The maximum absolute atomic E-state index is 9.61. The zero-order valence-electron chi connectivity index (χ0n) is 11.1. The third kappa shape index (κ3) is 1.79. The van der Waals surface area contributed by atoms with Crippen LogP contribution in [0.15, 0.2) is 0 Å². The molecule has 0 aromatic rings. The molecule has 0 aromatic heterocycles. The van der Waals surface area contributed by atoms with Gasteiger partial charge in [-0.3, -0.25) is 0 Å². The highest BCUT2D eigenvalue weighted by atomic mass is 16.9. The fourth-order valence-corrected chi connectivity index (χ4v) is 2.89. The molecule has 3 aliphatic heterocycles. The molecule has 0 aliphatic carbocycles. The smallest absolute Gasteiger partial charge is 0.224 e. The predicted octanol–water partition coefficient (Wildman–Crippen LogP) is 0.377. The summed E-state index contributed by atoms with van der Waals surface area (Å²) in [7, 11) is 0. The Morgan fingerprint density at radius 2 is 1.78 bits per heavy atom. The lowest BCUT2D eigenvalue weighted by atomic mass is 10.0. The Kier molecular flexibility index (Phi) is 2.59. The molecule has 6 nitrogen and oxygen atoms in total. The van der Waals surface area contributed by atoms with Gasteiger partial charge in [-0.15, -0.1) is 0 Å². The first-order chi connectivity index (χ1) is 8.27. The van der Waals surface area contributed by atoms with Crippen molar-refractivity contribution in [1.82, 2.24) is 0 Å². The maximum Gasteiger partial charge on any atom is 0.224 e. The van der Waals surface area contributed by atoms with E-state index in [0.29, 0.717) is 6.61 Å². The van der Waals surface area contributed by atoms with Gasteiger partial charge in [-0.1, -0.05) is 0 Å². The van der Waals surface area contributed by atoms with E-state index in [-0.39, 0.29) is 18.8 Å². The van der Waals surface area contributed by atoms with Crippen molar-refractivity contribution >= 4 is 0 Å². The highest BCUT2D eigenvalue weighted by Gasteiger charge is 2.67. The van der Waals surface area contributed by atoms with Crippen LogP contribution >= 0.6 is 0 Å². The molecule has 3 rings (SSSR count). The molecule has 3 aliphatic rings. The van der Waals surface area contributed by atoms with E-state index in [2.05, 4.69) is 0 Å². The highest BCUT2D eigenvalue weighted by Crippen LogP contribution is 2.48. The molecule has 0 radical (unpaired) electrons. The van der Waals surface area contributed by atoms with Crippen molar-refractivity contribution in [3.8, 4) is 0 Å². The third-order valence-corrected chi connectivity index (χ3v) is 3.51. The first kappa shape index (κ1) is 12.8. The van der Waals surface area contributed by atoms with Crippen molar-refractivity contribution in [2.45, 2.75) is 63.4 Å². The monoisotopic (exact) mass is 260 g/mol. The molecular weight excluding hydrogens is 240 g/mol. The Morgan fingerprint density at radius 1 is 1.06 bits per heavy atom. The molecule has 4 atom stereocenters. The first-order valence-corrected chi connectivity index (χ1v) is 6.25. The SMILES string of the molecule is CC1(C)OC[C@@H]2O[C@]3(CO)OC(C)(C)O[C@H]3[C@@H]2O1. The Morgan fingerprint density at radius 3 is 2.44 bits per heavy atom. The number of ether oxygens (including phenoxy) is 5. The minimum absolute atomic E-state index is 0.266. The molecule has 3 fully saturated rings. The second-order valence-electron chi connectivity index (χ2n) is 5.96. The Bertz CT molecular complexity index is 354. The molecule has 0 unspecified atom stereocenters. The van der Waals surface area contributed by atoms with Gasteiger partial charge < -0.3 is 28.8 Å². The summed E-state index contributed by atoms with van der Waals surface area (Å²) in [6.45, 7) is 7.43. The highest BCUT2D eigenvalue weighted by molar-refractivity contribution is 5.04. The summed E-state index contributed by atoms with van der Waals surface area (Å²) in [6.07, 6.45) is -1.00. The summed E-state index contributed by atoms with van der Waals surface area (Å²) >= 11 is 0. The van der Waals surface area contributed by atoms with E-state index in [0.717, 1.165) is 0 Å². The predicted molar refractivity (Wildman–Crippen MR) is 59.6 cm³/mol. The molecule has 1 N–H and O–H groups in total. The van der Waals surface area contributed by atoms with Gasteiger partial charge in [0.1, 0.15) is 24.9 Å². The van der Waals surface area contributed by atoms with Crippen molar-refractivity contribution in [3.05, 3.63) is 0 Å². The van der Waals surface area contributed by atoms with Gasteiger partial charge in [0.05, 0.1) is 6.61 Å². The third-order valence-electron chi connectivity index (χ3n) is 3.51. The minimum Gasteiger partial charge on any atom is -0.391 e. The fourth-order valence-electron chi connectivity index (χ4n) is 2.89. The van der Waals surface area contributed by atoms with Crippen LogP contribution in [0.5, 0.6) is 0 Å². The van der Waals surface area contributed by atoms with Crippen molar-refractivity contribution in [3.63, 3.8) is 0 Å². The Labute approximate surface area is 106 Å². The number of aliphatic hydroxyl groups is 1. The lowest BCUT2D eigenvalue weighted by Crippen LogP contribution is -2.51. The van der Waals surface area contributed by atoms with E-state index in [1.165, 1.54) is 0 Å². The molecule has 3 heterocycles. The summed E-state index contributed by atoms with van der Waals surface area (Å²) in [5, 5.41) is 9.61. The Hall–Kier alpha value is -0.240. The molecule has 0 bridgehead atoms. The van der Waals surface area contributed by atoms with E-state index in [1.54, 1.807) is 13.8 Å². The normalized spacial score (nSPS) is 48.8. The van der Waals surface area contributed by atoms with E-state index >= 15 is 0 Å². The van der Waals surface area contributed by atoms with Crippen LogP contribution in [-0.4, -0.2) is 54.0 Å².